The zero-order valence-electron chi connectivity index (χ0n) is 6.10. The zero-order chi connectivity index (χ0) is 7.03. The van der Waals surface area contributed by atoms with Gasteiger partial charge in [-0.3, -0.25) is 4.79 Å². The first-order chi connectivity index (χ1) is 4.87. The topological polar surface area (TPSA) is 29.1 Å². The standard InChI is InChI=1S/C8H13NO/c10-6-9-5-8(3-4-8)7-1-2-7/h6-7H,1-5H2,(H,9,10). The van der Waals surface area contributed by atoms with E-state index in [1.54, 1.807) is 0 Å². The van der Waals surface area contributed by atoms with Crippen LogP contribution in [0, 0.1) is 11.3 Å². The largest absolute Gasteiger partial charge is 0.358 e. The minimum absolute atomic E-state index is 0.570. The lowest BCUT2D eigenvalue weighted by Crippen LogP contribution is -2.23. The van der Waals surface area contributed by atoms with Gasteiger partial charge in [0.15, 0.2) is 0 Å². The van der Waals surface area contributed by atoms with Crippen LogP contribution in [0.2, 0.25) is 0 Å². The van der Waals surface area contributed by atoms with Crippen LogP contribution in [0.25, 0.3) is 0 Å². The van der Waals surface area contributed by atoms with E-state index < -0.39 is 0 Å². The van der Waals surface area contributed by atoms with Gasteiger partial charge in [-0.2, -0.15) is 0 Å². The van der Waals surface area contributed by atoms with E-state index in [4.69, 9.17) is 0 Å². The first-order valence-corrected chi connectivity index (χ1v) is 4.04. The maximum atomic E-state index is 10.0. The fraction of sp³-hybridized carbons (Fsp3) is 0.875. The van der Waals surface area contributed by atoms with Crippen molar-refractivity contribution in [2.45, 2.75) is 25.7 Å². The Kier molecular flexibility index (Phi) is 1.22. The Bertz CT molecular complexity index is 147. The van der Waals surface area contributed by atoms with E-state index in [1.165, 1.54) is 25.7 Å². The van der Waals surface area contributed by atoms with Crippen molar-refractivity contribution in [2.75, 3.05) is 6.54 Å². The van der Waals surface area contributed by atoms with Crippen LogP contribution in [0.3, 0.4) is 0 Å². The maximum absolute atomic E-state index is 10.0. The average molecular weight is 139 g/mol. The van der Waals surface area contributed by atoms with Crippen molar-refractivity contribution in [3.63, 3.8) is 0 Å². The molecule has 0 bridgehead atoms. The van der Waals surface area contributed by atoms with E-state index in [0.717, 1.165) is 18.9 Å². The Balaban J connectivity index is 1.82. The minimum atomic E-state index is 0.570. The summed E-state index contributed by atoms with van der Waals surface area (Å²) in [5, 5.41) is 2.79. The summed E-state index contributed by atoms with van der Waals surface area (Å²) >= 11 is 0. The van der Waals surface area contributed by atoms with Crippen molar-refractivity contribution in [3.8, 4) is 0 Å². The molecule has 2 aliphatic rings. The second kappa shape index (κ2) is 1.97. The zero-order valence-corrected chi connectivity index (χ0v) is 6.10. The lowest BCUT2D eigenvalue weighted by molar-refractivity contribution is -0.109. The number of carbonyl (C=O) groups is 1. The monoisotopic (exact) mass is 139 g/mol. The molecular formula is C8H13NO. The minimum Gasteiger partial charge on any atom is -0.358 e. The molecule has 0 saturated heterocycles. The van der Waals surface area contributed by atoms with Crippen molar-refractivity contribution < 1.29 is 4.79 Å². The van der Waals surface area contributed by atoms with Gasteiger partial charge in [0.25, 0.3) is 0 Å². The fourth-order valence-electron chi connectivity index (χ4n) is 1.83. The fourth-order valence-corrected chi connectivity index (χ4v) is 1.83. The van der Waals surface area contributed by atoms with Gasteiger partial charge in [-0.1, -0.05) is 0 Å². The molecule has 1 amide bonds. The van der Waals surface area contributed by atoms with Crippen LogP contribution >= 0.6 is 0 Å². The number of rotatable bonds is 4. The van der Waals surface area contributed by atoms with Crippen molar-refractivity contribution in [1.82, 2.24) is 5.32 Å². The van der Waals surface area contributed by atoms with E-state index >= 15 is 0 Å². The molecule has 0 heterocycles. The second-order valence-electron chi connectivity index (χ2n) is 3.64. The summed E-state index contributed by atoms with van der Waals surface area (Å²) in [6.07, 6.45) is 6.32. The van der Waals surface area contributed by atoms with E-state index in [1.807, 2.05) is 0 Å². The summed E-state index contributed by atoms with van der Waals surface area (Å²) in [4.78, 5) is 10.0. The summed E-state index contributed by atoms with van der Waals surface area (Å²) in [6.45, 7) is 0.932. The molecule has 2 nitrogen and oxygen atoms in total. The van der Waals surface area contributed by atoms with Gasteiger partial charge in [-0.25, -0.2) is 0 Å². The molecule has 1 N–H and O–H groups in total. The van der Waals surface area contributed by atoms with Crippen LogP contribution in [0.15, 0.2) is 0 Å². The highest BCUT2D eigenvalue weighted by Crippen LogP contribution is 2.60. The number of amides is 1. The predicted octanol–water partition coefficient (Wildman–Crippen LogP) is 0.923. The first-order valence-electron chi connectivity index (χ1n) is 4.04. The summed E-state index contributed by atoms with van der Waals surface area (Å²) in [7, 11) is 0. The maximum Gasteiger partial charge on any atom is 0.207 e. The SMILES string of the molecule is O=CNCC1(C2CC2)CC1. The Morgan fingerprint density at radius 3 is 2.60 bits per heavy atom. The van der Waals surface area contributed by atoms with Crippen LogP contribution in [0.5, 0.6) is 0 Å². The van der Waals surface area contributed by atoms with E-state index in [9.17, 15) is 4.79 Å². The Morgan fingerprint density at radius 1 is 1.50 bits per heavy atom. The lowest BCUT2D eigenvalue weighted by Gasteiger charge is -2.11. The highest BCUT2D eigenvalue weighted by Gasteiger charge is 2.53. The molecule has 0 aliphatic heterocycles. The normalized spacial score (nSPS) is 27.6. The highest BCUT2D eigenvalue weighted by molar-refractivity contribution is 5.46. The average Bonchev–Trinajstić information content (AvgIpc) is 2.76. The third kappa shape index (κ3) is 0.917. The van der Waals surface area contributed by atoms with Crippen LogP contribution in [-0.4, -0.2) is 13.0 Å². The van der Waals surface area contributed by atoms with Crippen molar-refractivity contribution in [2.24, 2.45) is 11.3 Å². The Labute approximate surface area is 61.0 Å². The highest BCUT2D eigenvalue weighted by atomic mass is 16.1. The predicted molar refractivity (Wildman–Crippen MR) is 38.5 cm³/mol. The van der Waals surface area contributed by atoms with Crippen LogP contribution in [0.1, 0.15) is 25.7 Å². The van der Waals surface area contributed by atoms with E-state index in [-0.39, 0.29) is 0 Å². The number of nitrogens with one attached hydrogen (secondary N) is 1. The molecule has 0 aromatic carbocycles. The van der Waals surface area contributed by atoms with Crippen molar-refractivity contribution in [1.29, 1.82) is 0 Å². The summed E-state index contributed by atoms with van der Waals surface area (Å²) in [5.74, 6) is 0.958. The van der Waals surface area contributed by atoms with E-state index in [2.05, 4.69) is 5.32 Å². The van der Waals surface area contributed by atoms with Gasteiger partial charge in [-0.15, -0.1) is 0 Å². The Hall–Kier alpha value is -0.530. The molecule has 2 fully saturated rings. The van der Waals surface area contributed by atoms with E-state index in [0.29, 0.717) is 5.41 Å². The number of hydrogen-bond acceptors (Lipinski definition) is 1. The van der Waals surface area contributed by atoms with Crippen molar-refractivity contribution >= 4 is 6.41 Å². The molecule has 0 radical (unpaired) electrons. The quantitative estimate of drug-likeness (QED) is 0.576. The molecule has 2 aliphatic carbocycles. The van der Waals surface area contributed by atoms with Gasteiger partial charge < -0.3 is 5.32 Å². The van der Waals surface area contributed by atoms with Gasteiger partial charge in [0, 0.05) is 6.54 Å². The molecule has 0 aromatic rings. The van der Waals surface area contributed by atoms with Crippen LogP contribution in [0.4, 0.5) is 0 Å². The van der Waals surface area contributed by atoms with Gasteiger partial charge in [0.2, 0.25) is 6.41 Å². The number of carbonyl (C=O) groups excluding carboxylic acids is 1. The van der Waals surface area contributed by atoms with Gasteiger partial charge >= 0.3 is 0 Å². The molecule has 0 unspecified atom stereocenters. The summed E-state index contributed by atoms with van der Waals surface area (Å²) < 4.78 is 0. The van der Waals surface area contributed by atoms with Gasteiger partial charge in [0.1, 0.15) is 0 Å². The molecular weight excluding hydrogens is 126 g/mol. The molecule has 56 valence electrons. The molecule has 2 rings (SSSR count). The Morgan fingerprint density at radius 2 is 2.20 bits per heavy atom. The van der Waals surface area contributed by atoms with Crippen LogP contribution < -0.4 is 5.32 Å². The molecule has 10 heavy (non-hydrogen) atoms. The second-order valence-corrected chi connectivity index (χ2v) is 3.64. The third-order valence-electron chi connectivity index (χ3n) is 2.87. The summed E-state index contributed by atoms with van der Waals surface area (Å²) in [5.41, 5.74) is 0.570. The lowest BCUT2D eigenvalue weighted by atomic mass is 10.0. The van der Waals surface area contributed by atoms with Gasteiger partial charge in [0.05, 0.1) is 0 Å². The molecule has 0 aromatic heterocycles. The number of hydrogen-bond donors (Lipinski definition) is 1. The first kappa shape index (κ1) is 6.20. The molecule has 0 atom stereocenters. The van der Waals surface area contributed by atoms with Crippen molar-refractivity contribution in [3.05, 3.63) is 0 Å². The molecule has 2 heteroatoms. The molecule has 0 spiro atoms. The molecule has 2 saturated carbocycles. The van der Waals surface area contributed by atoms with Crippen LogP contribution in [-0.2, 0) is 4.79 Å². The third-order valence-corrected chi connectivity index (χ3v) is 2.87. The van der Waals surface area contributed by atoms with Gasteiger partial charge in [-0.05, 0) is 37.0 Å². The summed E-state index contributed by atoms with van der Waals surface area (Å²) in [6, 6.07) is 0. The smallest absolute Gasteiger partial charge is 0.207 e.